The van der Waals surface area contributed by atoms with Crippen molar-refractivity contribution in [3.8, 4) is 0 Å². The van der Waals surface area contributed by atoms with Crippen molar-refractivity contribution in [2.75, 3.05) is 19.3 Å². The molecule has 1 aromatic carbocycles. The van der Waals surface area contributed by atoms with Gasteiger partial charge in [0.05, 0.1) is 6.26 Å². The number of sulfonamides is 1. The van der Waals surface area contributed by atoms with Crippen LogP contribution in [0.15, 0.2) is 29.2 Å². The highest BCUT2D eigenvalue weighted by Gasteiger charge is 2.04. The topological polar surface area (TPSA) is 75.3 Å². The van der Waals surface area contributed by atoms with Crippen LogP contribution in [0, 0.1) is 0 Å². The highest BCUT2D eigenvalue weighted by Crippen LogP contribution is 2.07. The fourth-order valence-corrected chi connectivity index (χ4v) is 1.93. The Kier molecular flexibility index (Phi) is 5.64. The van der Waals surface area contributed by atoms with E-state index in [4.69, 9.17) is 0 Å². The van der Waals surface area contributed by atoms with Gasteiger partial charge in [0.25, 0.3) is 5.91 Å². The lowest BCUT2D eigenvalue weighted by Crippen LogP contribution is -2.29. The predicted octanol–water partition coefficient (Wildman–Crippen LogP) is 0.644. The fraction of sp³-hybridized carbons (Fsp3) is 0.364. The van der Waals surface area contributed by atoms with Gasteiger partial charge in [-0.05, 0) is 30.7 Å². The van der Waals surface area contributed by atoms with E-state index in [1.807, 2.05) is 0 Å². The molecule has 0 aliphatic rings. The lowest BCUT2D eigenvalue weighted by molar-refractivity contribution is 0.0953. The summed E-state index contributed by atoms with van der Waals surface area (Å²) in [6.07, 6.45) is 1.65. The van der Waals surface area contributed by atoms with Gasteiger partial charge in [-0.1, -0.05) is 0 Å². The highest BCUT2D eigenvalue weighted by molar-refractivity contribution is 7.88. The first-order valence-electron chi connectivity index (χ1n) is 5.40. The number of benzene rings is 1. The van der Waals surface area contributed by atoms with Gasteiger partial charge < -0.3 is 5.32 Å². The second-order valence-corrected chi connectivity index (χ2v) is 6.17. The molecule has 0 saturated heterocycles. The summed E-state index contributed by atoms with van der Waals surface area (Å²) in [5.41, 5.74) is 0.559. The number of rotatable bonds is 6. The van der Waals surface area contributed by atoms with Gasteiger partial charge >= 0.3 is 0 Å². The van der Waals surface area contributed by atoms with Crippen molar-refractivity contribution in [1.82, 2.24) is 10.0 Å². The molecule has 0 spiro atoms. The summed E-state index contributed by atoms with van der Waals surface area (Å²) in [4.78, 5) is 12.4. The van der Waals surface area contributed by atoms with Crippen molar-refractivity contribution in [1.29, 1.82) is 0 Å². The Morgan fingerprint density at radius 2 is 1.83 bits per heavy atom. The number of hydrogen-bond acceptors (Lipinski definition) is 4. The SMILES string of the molecule is CS(=O)(=O)NCCCNC(=O)c1ccc(S)cc1. The molecule has 5 nitrogen and oxygen atoms in total. The molecule has 100 valence electrons. The van der Waals surface area contributed by atoms with Crippen molar-refractivity contribution in [2.45, 2.75) is 11.3 Å². The van der Waals surface area contributed by atoms with E-state index >= 15 is 0 Å². The average Bonchev–Trinajstić information content (AvgIpc) is 2.27. The molecule has 0 aliphatic heterocycles. The Hall–Kier alpha value is -1.05. The number of hydrogen-bond donors (Lipinski definition) is 3. The largest absolute Gasteiger partial charge is 0.352 e. The first-order chi connectivity index (χ1) is 8.38. The first-order valence-corrected chi connectivity index (χ1v) is 7.74. The monoisotopic (exact) mass is 288 g/mol. The van der Waals surface area contributed by atoms with E-state index in [9.17, 15) is 13.2 Å². The quantitative estimate of drug-likeness (QED) is 0.531. The summed E-state index contributed by atoms with van der Waals surface area (Å²) in [6, 6.07) is 6.85. The zero-order chi connectivity index (χ0) is 13.6. The third-order valence-electron chi connectivity index (χ3n) is 2.13. The Morgan fingerprint density at radius 1 is 1.22 bits per heavy atom. The van der Waals surface area contributed by atoms with E-state index in [-0.39, 0.29) is 5.91 Å². The van der Waals surface area contributed by atoms with E-state index in [0.29, 0.717) is 25.1 Å². The van der Waals surface area contributed by atoms with Crippen molar-refractivity contribution >= 4 is 28.6 Å². The second kappa shape index (κ2) is 6.77. The van der Waals surface area contributed by atoms with Crippen LogP contribution in [0.25, 0.3) is 0 Å². The minimum absolute atomic E-state index is 0.178. The summed E-state index contributed by atoms with van der Waals surface area (Å²) in [5.74, 6) is -0.178. The van der Waals surface area contributed by atoms with Crippen LogP contribution >= 0.6 is 12.6 Å². The second-order valence-electron chi connectivity index (χ2n) is 3.82. The van der Waals surface area contributed by atoms with Gasteiger partial charge in [0.2, 0.25) is 10.0 Å². The lowest BCUT2D eigenvalue weighted by Gasteiger charge is -2.05. The van der Waals surface area contributed by atoms with Crippen LogP contribution in [0.1, 0.15) is 16.8 Å². The summed E-state index contributed by atoms with van der Waals surface area (Å²) in [6.45, 7) is 0.735. The minimum atomic E-state index is -3.15. The van der Waals surface area contributed by atoms with Gasteiger partial charge in [0.1, 0.15) is 0 Å². The maximum atomic E-state index is 11.6. The van der Waals surface area contributed by atoms with Crippen LogP contribution in [0.5, 0.6) is 0 Å². The molecule has 0 bridgehead atoms. The van der Waals surface area contributed by atoms with E-state index in [0.717, 1.165) is 11.2 Å². The molecule has 0 saturated carbocycles. The minimum Gasteiger partial charge on any atom is -0.352 e. The molecule has 0 unspecified atom stereocenters. The van der Waals surface area contributed by atoms with Gasteiger partial charge in [0.15, 0.2) is 0 Å². The van der Waals surface area contributed by atoms with Crippen LogP contribution < -0.4 is 10.0 Å². The molecule has 18 heavy (non-hydrogen) atoms. The van der Waals surface area contributed by atoms with Crippen molar-refractivity contribution in [3.63, 3.8) is 0 Å². The molecule has 0 atom stereocenters. The Labute approximate surface area is 112 Å². The zero-order valence-corrected chi connectivity index (χ0v) is 11.7. The molecule has 1 aromatic rings. The van der Waals surface area contributed by atoms with E-state index < -0.39 is 10.0 Å². The maximum absolute atomic E-state index is 11.6. The molecule has 0 radical (unpaired) electrons. The molecular formula is C11H16N2O3S2. The van der Waals surface area contributed by atoms with Crippen molar-refractivity contribution < 1.29 is 13.2 Å². The zero-order valence-electron chi connectivity index (χ0n) is 10.0. The van der Waals surface area contributed by atoms with E-state index in [1.165, 1.54) is 0 Å². The van der Waals surface area contributed by atoms with Gasteiger partial charge in [-0.15, -0.1) is 12.6 Å². The van der Waals surface area contributed by atoms with E-state index in [1.54, 1.807) is 24.3 Å². The fourth-order valence-electron chi connectivity index (χ4n) is 1.26. The normalized spacial score (nSPS) is 11.2. The van der Waals surface area contributed by atoms with Crippen molar-refractivity contribution in [3.05, 3.63) is 29.8 Å². The van der Waals surface area contributed by atoms with Crippen LogP contribution in [-0.4, -0.2) is 33.7 Å². The third-order valence-corrected chi connectivity index (χ3v) is 3.16. The number of carbonyl (C=O) groups is 1. The van der Waals surface area contributed by atoms with Gasteiger partial charge in [-0.3, -0.25) is 4.79 Å². The number of nitrogens with one attached hydrogen (secondary N) is 2. The number of amides is 1. The Bertz CT molecular complexity index is 498. The molecule has 1 rings (SSSR count). The highest BCUT2D eigenvalue weighted by atomic mass is 32.2. The number of thiol groups is 1. The molecule has 0 fully saturated rings. The summed E-state index contributed by atoms with van der Waals surface area (Å²) in [5, 5.41) is 2.71. The molecule has 1 amide bonds. The lowest BCUT2D eigenvalue weighted by atomic mass is 10.2. The molecule has 7 heteroatoms. The van der Waals surface area contributed by atoms with Gasteiger partial charge in [-0.25, -0.2) is 13.1 Å². The summed E-state index contributed by atoms with van der Waals surface area (Å²) >= 11 is 4.13. The number of carbonyl (C=O) groups excluding carboxylic acids is 1. The van der Waals surface area contributed by atoms with Gasteiger partial charge in [0, 0.05) is 23.5 Å². The molecule has 0 aliphatic carbocycles. The van der Waals surface area contributed by atoms with Crippen LogP contribution in [-0.2, 0) is 10.0 Å². The first kappa shape index (κ1) is 15.0. The van der Waals surface area contributed by atoms with Gasteiger partial charge in [-0.2, -0.15) is 0 Å². The average molecular weight is 288 g/mol. The molecule has 0 heterocycles. The van der Waals surface area contributed by atoms with Crippen molar-refractivity contribution in [2.24, 2.45) is 0 Å². The third kappa shape index (κ3) is 6.04. The summed E-state index contributed by atoms with van der Waals surface area (Å²) < 4.78 is 23.9. The maximum Gasteiger partial charge on any atom is 0.251 e. The molecule has 2 N–H and O–H groups in total. The molecular weight excluding hydrogens is 272 g/mol. The standard InChI is InChI=1S/C11H16N2O3S2/c1-18(15,16)13-8-2-7-12-11(14)9-3-5-10(17)6-4-9/h3-6,13,17H,2,7-8H2,1H3,(H,12,14). The molecule has 0 aromatic heterocycles. The Balaban J connectivity index is 2.28. The smallest absolute Gasteiger partial charge is 0.251 e. The van der Waals surface area contributed by atoms with Crippen LogP contribution in [0.2, 0.25) is 0 Å². The van der Waals surface area contributed by atoms with Crippen LogP contribution in [0.4, 0.5) is 0 Å². The summed E-state index contributed by atoms with van der Waals surface area (Å²) in [7, 11) is -3.15. The Morgan fingerprint density at radius 3 is 2.39 bits per heavy atom. The predicted molar refractivity (Wildman–Crippen MR) is 73.5 cm³/mol. The van der Waals surface area contributed by atoms with E-state index in [2.05, 4.69) is 22.7 Å². The van der Waals surface area contributed by atoms with Crippen LogP contribution in [0.3, 0.4) is 0 Å².